The number of amides is 1. The van der Waals surface area contributed by atoms with Gasteiger partial charge in [-0.25, -0.2) is 9.98 Å². The van der Waals surface area contributed by atoms with Crippen LogP contribution >= 0.6 is 24.0 Å². The highest BCUT2D eigenvalue weighted by Crippen LogP contribution is 2.11. The number of aromatic nitrogens is 3. The molecule has 1 aromatic heterocycles. The zero-order valence-electron chi connectivity index (χ0n) is 14.5. The van der Waals surface area contributed by atoms with Crippen LogP contribution in [-0.4, -0.2) is 46.3 Å². The topological polar surface area (TPSA) is 96.2 Å². The molecule has 0 fully saturated rings. The van der Waals surface area contributed by atoms with E-state index in [1.807, 2.05) is 34.7 Å². The summed E-state index contributed by atoms with van der Waals surface area (Å²) in [6.07, 6.45) is 1.51. The lowest BCUT2D eigenvalue weighted by Gasteiger charge is -2.18. The molecule has 0 aliphatic carbocycles. The summed E-state index contributed by atoms with van der Waals surface area (Å²) in [5.74, 6) is 1.52. The Morgan fingerprint density at radius 2 is 1.91 bits per heavy atom. The third-order valence-electron chi connectivity index (χ3n) is 2.91. The van der Waals surface area contributed by atoms with E-state index in [-0.39, 0.29) is 35.3 Å². The second-order valence-electron chi connectivity index (χ2n) is 5.93. The first-order valence-corrected chi connectivity index (χ1v) is 7.48. The summed E-state index contributed by atoms with van der Waals surface area (Å²) in [7, 11) is 1.83. The van der Waals surface area contributed by atoms with Gasteiger partial charge in [0.1, 0.15) is 18.7 Å². The zero-order valence-corrected chi connectivity index (χ0v) is 16.8. The van der Waals surface area contributed by atoms with Crippen LogP contribution in [0.3, 0.4) is 0 Å². The summed E-state index contributed by atoms with van der Waals surface area (Å²) in [6.45, 7) is 10.0. The maximum Gasteiger partial charge on any atom is 0.225 e. The lowest BCUT2D eigenvalue weighted by molar-refractivity contribution is -0.128. The van der Waals surface area contributed by atoms with E-state index in [2.05, 4.69) is 31.0 Å². The molecule has 0 aliphatic rings. The minimum Gasteiger partial charge on any atom is -0.357 e. The Kier molecular flexibility index (Phi) is 9.77. The highest BCUT2D eigenvalue weighted by molar-refractivity contribution is 14.0. The Bertz CT molecular complexity index is 507. The molecule has 132 valence electrons. The predicted octanol–water partition coefficient (Wildman–Crippen LogP) is 0.650. The summed E-state index contributed by atoms with van der Waals surface area (Å²) in [5, 5.41) is 13.2. The van der Waals surface area contributed by atoms with Crippen molar-refractivity contribution < 1.29 is 4.79 Å². The van der Waals surface area contributed by atoms with Crippen molar-refractivity contribution in [1.29, 1.82) is 0 Å². The van der Waals surface area contributed by atoms with E-state index >= 15 is 0 Å². The van der Waals surface area contributed by atoms with Gasteiger partial charge in [0, 0.05) is 32.1 Å². The molecule has 1 rings (SSSR count). The number of nitrogens with one attached hydrogen (secondary N) is 3. The normalized spacial score (nSPS) is 11.6. The Balaban J connectivity index is 0.00000484. The predicted molar refractivity (Wildman–Crippen MR) is 102 cm³/mol. The molecule has 0 bridgehead atoms. The molecule has 0 spiro atoms. The van der Waals surface area contributed by atoms with Crippen molar-refractivity contribution in [3.8, 4) is 0 Å². The number of nitrogens with zero attached hydrogens (tertiary/aromatic N) is 4. The van der Waals surface area contributed by atoms with Gasteiger partial charge >= 0.3 is 0 Å². The van der Waals surface area contributed by atoms with Crippen molar-refractivity contribution in [3.63, 3.8) is 0 Å². The lowest BCUT2D eigenvalue weighted by Crippen LogP contribution is -2.43. The maximum atomic E-state index is 11.8. The van der Waals surface area contributed by atoms with Gasteiger partial charge in [0.2, 0.25) is 5.91 Å². The van der Waals surface area contributed by atoms with Crippen molar-refractivity contribution >= 4 is 35.8 Å². The van der Waals surface area contributed by atoms with E-state index in [0.717, 1.165) is 12.4 Å². The molecule has 8 nitrogen and oxygen atoms in total. The molecule has 23 heavy (non-hydrogen) atoms. The van der Waals surface area contributed by atoms with Crippen LogP contribution < -0.4 is 16.0 Å². The number of hydrogen-bond donors (Lipinski definition) is 3. The van der Waals surface area contributed by atoms with E-state index in [9.17, 15) is 4.79 Å². The summed E-state index contributed by atoms with van der Waals surface area (Å²) in [4.78, 5) is 20.3. The summed E-state index contributed by atoms with van der Waals surface area (Å²) < 4.78 is 1.69. The number of guanidine groups is 1. The van der Waals surface area contributed by atoms with E-state index in [0.29, 0.717) is 25.6 Å². The fraction of sp³-hybridized carbons (Fsp3) is 0.714. The Hall–Kier alpha value is -1.39. The van der Waals surface area contributed by atoms with Crippen LogP contribution in [0.5, 0.6) is 0 Å². The quantitative estimate of drug-likeness (QED) is 0.263. The van der Waals surface area contributed by atoms with Gasteiger partial charge in [0.15, 0.2) is 5.96 Å². The molecule has 1 heterocycles. The van der Waals surface area contributed by atoms with Crippen LogP contribution in [0.4, 0.5) is 0 Å². The van der Waals surface area contributed by atoms with Crippen LogP contribution in [0.25, 0.3) is 0 Å². The molecule has 0 aromatic carbocycles. The van der Waals surface area contributed by atoms with Gasteiger partial charge in [-0.05, 0) is 6.92 Å². The van der Waals surface area contributed by atoms with Crippen LogP contribution in [0, 0.1) is 5.41 Å². The van der Waals surface area contributed by atoms with Gasteiger partial charge in [-0.15, -0.1) is 24.0 Å². The second kappa shape index (κ2) is 10.4. The van der Waals surface area contributed by atoms with Crippen molar-refractivity contribution in [2.75, 3.05) is 19.6 Å². The summed E-state index contributed by atoms with van der Waals surface area (Å²) in [5.41, 5.74) is -0.371. The SMILES string of the molecule is CCNC(=NCc1ncnn1C)NCCNC(=O)C(C)(C)C.I. The molecule has 0 radical (unpaired) electrons. The Morgan fingerprint density at radius 1 is 1.26 bits per heavy atom. The molecule has 0 atom stereocenters. The molecule has 0 saturated heterocycles. The third kappa shape index (κ3) is 8.14. The van der Waals surface area contributed by atoms with E-state index < -0.39 is 0 Å². The van der Waals surface area contributed by atoms with Crippen LogP contribution in [0.2, 0.25) is 0 Å². The minimum atomic E-state index is -0.371. The van der Waals surface area contributed by atoms with Crippen molar-refractivity contribution in [2.45, 2.75) is 34.2 Å². The fourth-order valence-corrected chi connectivity index (χ4v) is 1.58. The number of halogens is 1. The van der Waals surface area contributed by atoms with Gasteiger partial charge in [-0.3, -0.25) is 9.48 Å². The summed E-state index contributed by atoms with van der Waals surface area (Å²) in [6, 6.07) is 0. The van der Waals surface area contributed by atoms with Gasteiger partial charge < -0.3 is 16.0 Å². The molecule has 0 aliphatic heterocycles. The molecule has 1 amide bonds. The molecule has 0 saturated carbocycles. The van der Waals surface area contributed by atoms with Crippen LogP contribution in [0.15, 0.2) is 11.3 Å². The number of aliphatic imine (C=N–C) groups is 1. The smallest absolute Gasteiger partial charge is 0.225 e. The Labute approximate surface area is 154 Å². The molecular formula is C14H28IN7O. The average Bonchev–Trinajstić information content (AvgIpc) is 2.84. The number of rotatable bonds is 6. The van der Waals surface area contributed by atoms with E-state index in [1.165, 1.54) is 6.33 Å². The van der Waals surface area contributed by atoms with Gasteiger partial charge in [0.05, 0.1) is 0 Å². The minimum absolute atomic E-state index is 0. The first-order valence-electron chi connectivity index (χ1n) is 7.48. The van der Waals surface area contributed by atoms with Crippen molar-refractivity contribution in [3.05, 3.63) is 12.2 Å². The lowest BCUT2D eigenvalue weighted by atomic mass is 9.96. The molecular weight excluding hydrogens is 409 g/mol. The second-order valence-corrected chi connectivity index (χ2v) is 5.93. The van der Waals surface area contributed by atoms with Gasteiger partial charge in [-0.1, -0.05) is 20.8 Å². The number of hydrogen-bond acceptors (Lipinski definition) is 4. The molecule has 3 N–H and O–H groups in total. The van der Waals surface area contributed by atoms with Gasteiger partial charge in [0.25, 0.3) is 0 Å². The first-order chi connectivity index (χ1) is 10.3. The van der Waals surface area contributed by atoms with Crippen molar-refractivity contribution in [1.82, 2.24) is 30.7 Å². The van der Waals surface area contributed by atoms with Crippen LogP contribution in [0.1, 0.15) is 33.5 Å². The highest BCUT2D eigenvalue weighted by Gasteiger charge is 2.20. The fourth-order valence-electron chi connectivity index (χ4n) is 1.58. The molecule has 0 unspecified atom stereocenters. The highest BCUT2D eigenvalue weighted by atomic mass is 127. The number of carbonyl (C=O) groups is 1. The van der Waals surface area contributed by atoms with Gasteiger partial charge in [-0.2, -0.15) is 5.10 Å². The van der Waals surface area contributed by atoms with Crippen LogP contribution in [-0.2, 0) is 18.4 Å². The number of aryl methyl sites for hydroxylation is 1. The van der Waals surface area contributed by atoms with E-state index in [1.54, 1.807) is 4.68 Å². The third-order valence-corrected chi connectivity index (χ3v) is 2.91. The molecule has 1 aromatic rings. The Morgan fingerprint density at radius 3 is 2.43 bits per heavy atom. The first kappa shape index (κ1) is 21.6. The van der Waals surface area contributed by atoms with Crippen molar-refractivity contribution in [2.24, 2.45) is 17.5 Å². The maximum absolute atomic E-state index is 11.8. The van der Waals surface area contributed by atoms with E-state index in [4.69, 9.17) is 0 Å². The largest absolute Gasteiger partial charge is 0.357 e. The monoisotopic (exact) mass is 437 g/mol. The summed E-state index contributed by atoms with van der Waals surface area (Å²) >= 11 is 0. The zero-order chi connectivity index (χ0) is 16.6. The average molecular weight is 437 g/mol. The molecule has 9 heteroatoms. The number of carbonyl (C=O) groups excluding carboxylic acids is 1. The standard InChI is InChI=1S/C14H27N7O.HI/c1-6-15-13(18-9-11-19-10-20-21(11)5)17-8-7-16-12(22)14(2,3)4;/h10H,6-9H2,1-5H3,(H,16,22)(H2,15,17,18);1H.